The molecule has 0 saturated carbocycles. The molecule has 0 aliphatic carbocycles. The molecule has 1 nitrogen and oxygen atoms in total. The molecule has 0 amide bonds. The van der Waals surface area contributed by atoms with Gasteiger partial charge in [-0.05, 0) is 50.3 Å². The first-order chi connectivity index (χ1) is 27.3. The first kappa shape index (κ1) is 52.2. The van der Waals surface area contributed by atoms with Crippen molar-refractivity contribution in [3.05, 3.63) is 36.0 Å². The molecule has 0 unspecified atom stereocenters. The lowest BCUT2D eigenvalue weighted by Crippen LogP contribution is -1.98. The van der Waals surface area contributed by atoms with E-state index in [1.807, 2.05) is 0 Å². The first-order valence-electron chi connectivity index (χ1n) is 26.1. The van der Waals surface area contributed by atoms with Crippen molar-refractivity contribution < 1.29 is 0 Å². The smallest absolute Gasteiger partial charge is 0.0409 e. The SMILES string of the molecule is [CH2]c1cc(CCCCCCCCCCCCCCCCCCCCCCCC)nc(CCCCCCCCCCCCCCCCCCCCCCCC)c1. The second-order valence-corrected chi connectivity index (χ2v) is 18.3. The van der Waals surface area contributed by atoms with Gasteiger partial charge in [-0.2, -0.15) is 0 Å². The summed E-state index contributed by atoms with van der Waals surface area (Å²) in [5.74, 6) is 0. The third-order valence-electron chi connectivity index (χ3n) is 12.6. The van der Waals surface area contributed by atoms with Gasteiger partial charge in [0, 0.05) is 11.4 Å². The first-order valence-corrected chi connectivity index (χ1v) is 26.1. The van der Waals surface area contributed by atoms with Crippen LogP contribution in [0.15, 0.2) is 12.1 Å². The van der Waals surface area contributed by atoms with E-state index in [1.165, 1.54) is 294 Å². The van der Waals surface area contributed by atoms with E-state index in [4.69, 9.17) is 4.98 Å². The molecule has 0 N–H and O–H groups in total. The van der Waals surface area contributed by atoms with E-state index in [-0.39, 0.29) is 0 Å². The Morgan fingerprint density at radius 3 is 0.618 bits per heavy atom. The molecule has 0 spiro atoms. The van der Waals surface area contributed by atoms with E-state index in [1.54, 1.807) is 0 Å². The minimum Gasteiger partial charge on any atom is -0.258 e. The second-order valence-electron chi connectivity index (χ2n) is 18.3. The van der Waals surface area contributed by atoms with Crippen LogP contribution in [0.3, 0.4) is 0 Å². The van der Waals surface area contributed by atoms with Crippen molar-refractivity contribution in [2.75, 3.05) is 0 Å². The molecule has 0 bridgehead atoms. The Balaban J connectivity index is 1.83. The van der Waals surface area contributed by atoms with E-state index in [2.05, 4.69) is 32.9 Å². The third kappa shape index (κ3) is 39.7. The van der Waals surface area contributed by atoms with Gasteiger partial charge < -0.3 is 0 Å². The highest BCUT2D eigenvalue weighted by molar-refractivity contribution is 5.24. The van der Waals surface area contributed by atoms with Gasteiger partial charge in [0.15, 0.2) is 0 Å². The summed E-state index contributed by atoms with van der Waals surface area (Å²) in [6, 6.07) is 4.47. The molecule has 0 fully saturated rings. The fraction of sp³-hybridized carbons (Fsp3) is 0.889. The monoisotopic (exact) mass is 765 g/mol. The molecule has 0 saturated heterocycles. The van der Waals surface area contributed by atoms with E-state index >= 15 is 0 Å². The van der Waals surface area contributed by atoms with Crippen molar-refractivity contribution in [2.45, 2.75) is 309 Å². The molecule has 0 atom stereocenters. The maximum atomic E-state index is 5.04. The summed E-state index contributed by atoms with van der Waals surface area (Å²) >= 11 is 0. The summed E-state index contributed by atoms with van der Waals surface area (Å²) in [5, 5.41) is 0. The zero-order chi connectivity index (χ0) is 39.4. The molecular weight excluding hydrogens is 663 g/mol. The van der Waals surface area contributed by atoms with Crippen LogP contribution in [0.1, 0.15) is 313 Å². The average molecular weight is 765 g/mol. The van der Waals surface area contributed by atoms with Crippen molar-refractivity contribution in [3.63, 3.8) is 0 Å². The van der Waals surface area contributed by atoms with Crippen molar-refractivity contribution in [1.82, 2.24) is 4.98 Å². The highest BCUT2D eigenvalue weighted by Crippen LogP contribution is 2.19. The molecule has 1 heteroatoms. The van der Waals surface area contributed by atoms with Crippen LogP contribution < -0.4 is 0 Å². The molecule has 0 aliphatic heterocycles. The van der Waals surface area contributed by atoms with E-state index in [0.29, 0.717) is 0 Å². The Kier molecular flexibility index (Phi) is 42.0. The highest BCUT2D eigenvalue weighted by atomic mass is 14.7. The Bertz CT molecular complexity index is 793. The third-order valence-corrected chi connectivity index (χ3v) is 12.6. The van der Waals surface area contributed by atoms with Crippen LogP contribution in [0.5, 0.6) is 0 Å². The summed E-state index contributed by atoms with van der Waals surface area (Å²) in [6.07, 6.45) is 65.9. The van der Waals surface area contributed by atoms with Gasteiger partial charge in [-0.3, -0.25) is 4.98 Å². The lowest BCUT2D eigenvalue weighted by Gasteiger charge is -2.08. The number of aromatic nitrogens is 1. The zero-order valence-corrected chi connectivity index (χ0v) is 38.3. The predicted molar refractivity (Wildman–Crippen MR) is 251 cm³/mol. The average Bonchev–Trinajstić information content (AvgIpc) is 3.18. The molecule has 1 rings (SSSR count). The van der Waals surface area contributed by atoms with Crippen LogP contribution in [-0.4, -0.2) is 4.98 Å². The topological polar surface area (TPSA) is 12.9 Å². The maximum Gasteiger partial charge on any atom is 0.0409 e. The molecule has 1 heterocycles. The standard InChI is InChI=1S/C54H102N/c1-4-6-8-10-12-14-16-18-20-22-24-26-28-30-32-34-36-38-40-42-44-46-48-53-50-52(3)51-54(55-53)49-47-45-43-41-39-37-35-33-31-29-27-25-23-21-19-17-15-13-11-9-7-5-2/h50-51H,3-49H2,1-2H3. The van der Waals surface area contributed by atoms with Crippen LogP contribution in [-0.2, 0) is 12.8 Å². The van der Waals surface area contributed by atoms with Crippen LogP contribution in [0.4, 0.5) is 0 Å². The molecule has 0 aromatic carbocycles. The van der Waals surface area contributed by atoms with Crippen molar-refractivity contribution in [3.8, 4) is 0 Å². The second kappa shape index (κ2) is 44.3. The summed E-state index contributed by atoms with van der Waals surface area (Å²) in [4.78, 5) is 5.04. The normalized spacial score (nSPS) is 11.6. The van der Waals surface area contributed by atoms with Gasteiger partial charge in [-0.25, -0.2) is 0 Å². The molecule has 1 aromatic rings. The number of pyridine rings is 1. The summed E-state index contributed by atoms with van der Waals surface area (Å²) in [7, 11) is 0. The lowest BCUT2D eigenvalue weighted by molar-refractivity contribution is 0.518. The summed E-state index contributed by atoms with van der Waals surface area (Å²) < 4.78 is 0. The van der Waals surface area contributed by atoms with Gasteiger partial charge in [0.05, 0.1) is 0 Å². The van der Waals surface area contributed by atoms with Crippen molar-refractivity contribution >= 4 is 0 Å². The Labute approximate surface area is 349 Å². The van der Waals surface area contributed by atoms with Crippen LogP contribution in [0, 0.1) is 6.92 Å². The van der Waals surface area contributed by atoms with Crippen LogP contribution in [0.2, 0.25) is 0 Å². The van der Waals surface area contributed by atoms with Crippen LogP contribution in [0.25, 0.3) is 0 Å². The zero-order valence-electron chi connectivity index (χ0n) is 38.3. The summed E-state index contributed by atoms with van der Waals surface area (Å²) in [6.45, 7) is 8.90. The Hall–Kier alpha value is -0.850. The molecule has 1 aromatic heterocycles. The molecule has 0 aliphatic rings. The van der Waals surface area contributed by atoms with Crippen molar-refractivity contribution in [1.29, 1.82) is 0 Å². The quantitative estimate of drug-likeness (QED) is 0.0603. The van der Waals surface area contributed by atoms with Gasteiger partial charge in [0.25, 0.3) is 0 Å². The summed E-state index contributed by atoms with van der Waals surface area (Å²) in [5.41, 5.74) is 3.74. The molecule has 55 heavy (non-hydrogen) atoms. The van der Waals surface area contributed by atoms with Crippen molar-refractivity contribution in [2.24, 2.45) is 0 Å². The number of unbranched alkanes of at least 4 members (excludes halogenated alkanes) is 42. The van der Waals surface area contributed by atoms with Gasteiger partial charge in [-0.1, -0.05) is 284 Å². The number of hydrogen-bond acceptors (Lipinski definition) is 1. The number of aryl methyl sites for hydroxylation is 2. The predicted octanol–water partition coefficient (Wildman–Crippen LogP) is 19.6. The van der Waals surface area contributed by atoms with E-state index in [9.17, 15) is 0 Å². The molecular formula is C54H102N. The largest absolute Gasteiger partial charge is 0.258 e. The highest BCUT2D eigenvalue weighted by Gasteiger charge is 2.03. The minimum atomic E-state index is 1.13. The lowest BCUT2D eigenvalue weighted by atomic mass is 10.0. The number of hydrogen-bond donors (Lipinski definition) is 0. The fourth-order valence-corrected chi connectivity index (χ4v) is 8.80. The number of rotatable bonds is 46. The van der Waals surface area contributed by atoms with Gasteiger partial charge in [0.2, 0.25) is 0 Å². The molecule has 323 valence electrons. The van der Waals surface area contributed by atoms with Gasteiger partial charge >= 0.3 is 0 Å². The van der Waals surface area contributed by atoms with E-state index in [0.717, 1.165) is 18.4 Å². The maximum absolute atomic E-state index is 5.04. The van der Waals surface area contributed by atoms with Gasteiger partial charge in [0.1, 0.15) is 0 Å². The Morgan fingerprint density at radius 1 is 0.273 bits per heavy atom. The fourth-order valence-electron chi connectivity index (χ4n) is 8.80. The van der Waals surface area contributed by atoms with E-state index < -0.39 is 0 Å². The van der Waals surface area contributed by atoms with Gasteiger partial charge in [-0.15, -0.1) is 0 Å². The minimum absolute atomic E-state index is 1.13. The number of nitrogens with zero attached hydrogens (tertiary/aromatic N) is 1. The molecule has 1 radical (unpaired) electrons. The Morgan fingerprint density at radius 2 is 0.436 bits per heavy atom. The van der Waals surface area contributed by atoms with Crippen LogP contribution >= 0.6 is 0 Å².